The molecule has 0 bridgehead atoms. The van der Waals surface area contributed by atoms with Crippen LogP contribution in [-0.4, -0.2) is 16.0 Å². The van der Waals surface area contributed by atoms with E-state index in [1.54, 1.807) is 30.6 Å². The molecule has 9 heteroatoms. The Hall–Kier alpha value is -2.90. The number of anilines is 2. The summed E-state index contributed by atoms with van der Waals surface area (Å²) in [4.78, 5) is 22.7. The molecule has 5 rings (SSSR count). The molecule has 1 aromatic carbocycles. The average Bonchev–Trinajstić information content (AvgIpc) is 2.76. The SMILES string of the molecule is Cc1ncc(Cl)c2c1NC(=O)N(c1cc3c(cc1Cl)CCC(c1ncccc1F)O3)C2. The predicted octanol–water partition coefficient (Wildman–Crippen LogP) is 5.85. The molecule has 1 unspecified atom stereocenters. The van der Waals surface area contributed by atoms with Crippen molar-refractivity contribution in [1.82, 2.24) is 9.97 Å². The minimum atomic E-state index is -0.512. The van der Waals surface area contributed by atoms with Crippen LogP contribution in [0.2, 0.25) is 10.0 Å². The number of aromatic nitrogens is 2. The number of benzene rings is 1. The fourth-order valence-electron chi connectivity index (χ4n) is 3.98. The summed E-state index contributed by atoms with van der Waals surface area (Å²) in [5, 5.41) is 3.73. The first-order valence-corrected chi connectivity index (χ1v) is 10.5. The Labute approximate surface area is 188 Å². The van der Waals surface area contributed by atoms with Gasteiger partial charge in [-0.25, -0.2) is 9.18 Å². The Morgan fingerprint density at radius 2 is 2.10 bits per heavy atom. The van der Waals surface area contributed by atoms with E-state index in [0.717, 1.165) is 11.1 Å². The predicted molar refractivity (Wildman–Crippen MR) is 117 cm³/mol. The van der Waals surface area contributed by atoms with Crippen LogP contribution < -0.4 is 15.0 Å². The Balaban J connectivity index is 1.50. The van der Waals surface area contributed by atoms with Gasteiger partial charge in [-0.05, 0) is 43.5 Å². The van der Waals surface area contributed by atoms with Crippen LogP contribution in [-0.2, 0) is 13.0 Å². The second kappa shape index (κ2) is 7.66. The van der Waals surface area contributed by atoms with Gasteiger partial charge >= 0.3 is 6.03 Å². The normalized spacial score (nSPS) is 17.5. The molecule has 2 aliphatic rings. The lowest BCUT2D eigenvalue weighted by molar-refractivity contribution is 0.167. The number of carbonyl (C=O) groups excluding carboxylic acids is 1. The summed E-state index contributed by atoms with van der Waals surface area (Å²) in [6, 6.07) is 6.08. The van der Waals surface area contributed by atoms with Crippen LogP contribution in [0.1, 0.15) is 35.0 Å². The second-order valence-corrected chi connectivity index (χ2v) is 8.30. The molecule has 0 saturated carbocycles. The number of ether oxygens (including phenoxy) is 1. The third kappa shape index (κ3) is 3.47. The van der Waals surface area contributed by atoms with Crippen LogP contribution in [0.4, 0.5) is 20.6 Å². The number of nitrogens with one attached hydrogen (secondary N) is 1. The monoisotopic (exact) mass is 458 g/mol. The van der Waals surface area contributed by atoms with Crippen LogP contribution in [0.15, 0.2) is 36.7 Å². The molecule has 2 amide bonds. The van der Waals surface area contributed by atoms with Gasteiger partial charge in [-0.3, -0.25) is 14.9 Å². The van der Waals surface area contributed by atoms with Gasteiger partial charge in [0.25, 0.3) is 0 Å². The number of hydrogen-bond donors (Lipinski definition) is 1. The van der Waals surface area contributed by atoms with E-state index in [0.29, 0.717) is 45.7 Å². The summed E-state index contributed by atoms with van der Waals surface area (Å²) in [6.45, 7) is 2.04. The zero-order valence-electron chi connectivity index (χ0n) is 16.5. The number of pyridine rings is 2. The number of hydrogen-bond acceptors (Lipinski definition) is 4. The number of carbonyl (C=O) groups is 1. The summed E-state index contributed by atoms with van der Waals surface area (Å²) >= 11 is 12.9. The molecule has 0 radical (unpaired) electrons. The lowest BCUT2D eigenvalue weighted by Gasteiger charge is -2.33. The molecule has 1 N–H and O–H groups in total. The number of nitrogens with zero attached hydrogens (tertiary/aromatic N) is 3. The quantitative estimate of drug-likeness (QED) is 0.522. The van der Waals surface area contributed by atoms with E-state index in [9.17, 15) is 9.18 Å². The van der Waals surface area contributed by atoms with E-state index >= 15 is 0 Å². The lowest BCUT2D eigenvalue weighted by atomic mass is 9.99. The Kier molecular flexibility index (Phi) is 4.95. The van der Waals surface area contributed by atoms with E-state index in [4.69, 9.17) is 27.9 Å². The summed E-state index contributed by atoms with van der Waals surface area (Å²) in [7, 11) is 0. The molecule has 4 heterocycles. The summed E-state index contributed by atoms with van der Waals surface area (Å²) in [5.74, 6) is 0.145. The average molecular weight is 459 g/mol. The van der Waals surface area contributed by atoms with Crippen LogP contribution in [0.5, 0.6) is 5.75 Å². The highest BCUT2D eigenvalue weighted by Gasteiger charge is 2.31. The summed E-state index contributed by atoms with van der Waals surface area (Å²) in [6.07, 6.45) is 3.83. The van der Waals surface area contributed by atoms with Gasteiger partial charge in [-0.1, -0.05) is 23.2 Å². The molecule has 6 nitrogen and oxygen atoms in total. The Morgan fingerprint density at radius 1 is 1.26 bits per heavy atom. The minimum absolute atomic E-state index is 0.236. The number of rotatable bonds is 2. The number of urea groups is 1. The molecule has 2 aromatic heterocycles. The van der Waals surface area contributed by atoms with Gasteiger partial charge in [0.1, 0.15) is 23.4 Å². The lowest BCUT2D eigenvalue weighted by Crippen LogP contribution is -2.39. The van der Waals surface area contributed by atoms with Crippen molar-refractivity contribution in [2.75, 3.05) is 10.2 Å². The number of amides is 2. The first kappa shape index (κ1) is 20.0. The van der Waals surface area contributed by atoms with Crippen molar-refractivity contribution in [1.29, 1.82) is 0 Å². The van der Waals surface area contributed by atoms with Crippen molar-refractivity contribution in [3.05, 3.63) is 75.0 Å². The minimum Gasteiger partial charge on any atom is -0.484 e. The number of fused-ring (bicyclic) bond motifs is 2. The smallest absolute Gasteiger partial charge is 0.326 e. The molecule has 2 aliphatic heterocycles. The van der Waals surface area contributed by atoms with Crippen LogP contribution in [0, 0.1) is 12.7 Å². The van der Waals surface area contributed by atoms with Crippen LogP contribution >= 0.6 is 23.2 Å². The molecule has 0 saturated heterocycles. The Bertz CT molecular complexity index is 1220. The molecule has 0 spiro atoms. The molecule has 0 fully saturated rings. The van der Waals surface area contributed by atoms with Crippen molar-refractivity contribution < 1.29 is 13.9 Å². The maximum Gasteiger partial charge on any atom is 0.326 e. The van der Waals surface area contributed by atoms with E-state index in [1.807, 2.05) is 6.92 Å². The van der Waals surface area contributed by atoms with Gasteiger partial charge in [0.05, 0.1) is 33.7 Å². The van der Waals surface area contributed by atoms with E-state index in [-0.39, 0.29) is 18.3 Å². The maximum atomic E-state index is 14.2. The molecular weight excluding hydrogens is 442 g/mol. The van der Waals surface area contributed by atoms with Gasteiger partial charge in [-0.15, -0.1) is 0 Å². The number of aryl methyl sites for hydroxylation is 2. The molecular formula is C22H17Cl2FN4O2. The highest BCUT2D eigenvalue weighted by atomic mass is 35.5. The summed E-state index contributed by atoms with van der Waals surface area (Å²) < 4.78 is 20.3. The van der Waals surface area contributed by atoms with Crippen LogP contribution in [0.3, 0.4) is 0 Å². The fourth-order valence-corrected chi connectivity index (χ4v) is 4.47. The second-order valence-electron chi connectivity index (χ2n) is 7.49. The third-order valence-electron chi connectivity index (χ3n) is 5.57. The molecule has 31 heavy (non-hydrogen) atoms. The van der Waals surface area contributed by atoms with Crippen LogP contribution in [0.25, 0.3) is 0 Å². The van der Waals surface area contributed by atoms with Gasteiger partial charge in [0.2, 0.25) is 0 Å². The van der Waals surface area contributed by atoms with E-state index in [1.165, 1.54) is 11.0 Å². The van der Waals surface area contributed by atoms with E-state index < -0.39 is 11.9 Å². The molecule has 3 aromatic rings. The first-order chi connectivity index (χ1) is 14.9. The van der Waals surface area contributed by atoms with Crippen molar-refractivity contribution in [2.45, 2.75) is 32.4 Å². The van der Waals surface area contributed by atoms with Gasteiger partial charge in [-0.2, -0.15) is 0 Å². The van der Waals surface area contributed by atoms with Crippen molar-refractivity contribution in [3.63, 3.8) is 0 Å². The molecule has 158 valence electrons. The van der Waals surface area contributed by atoms with Crippen molar-refractivity contribution in [3.8, 4) is 5.75 Å². The zero-order valence-corrected chi connectivity index (χ0v) is 18.0. The highest BCUT2D eigenvalue weighted by molar-refractivity contribution is 6.34. The van der Waals surface area contributed by atoms with Gasteiger partial charge in [0, 0.05) is 24.0 Å². The fraction of sp³-hybridized carbons (Fsp3) is 0.227. The largest absolute Gasteiger partial charge is 0.484 e. The standard InChI is InChI=1S/C22H17Cl2FN4O2/c1-11-20-13(15(24)9-27-11)10-29(22(30)28-20)17-8-19-12(7-14(17)23)4-5-18(31-19)21-16(25)3-2-6-26-21/h2-3,6-9,18H,4-5,10H2,1H3,(H,28,30). The van der Waals surface area contributed by atoms with Gasteiger partial charge in [0.15, 0.2) is 0 Å². The van der Waals surface area contributed by atoms with Gasteiger partial charge < -0.3 is 10.1 Å². The number of halogens is 3. The topological polar surface area (TPSA) is 67.4 Å². The maximum absolute atomic E-state index is 14.2. The molecule has 0 aliphatic carbocycles. The van der Waals surface area contributed by atoms with E-state index in [2.05, 4.69) is 15.3 Å². The summed E-state index contributed by atoms with van der Waals surface area (Å²) in [5.41, 5.74) is 3.71. The Morgan fingerprint density at radius 3 is 2.90 bits per heavy atom. The first-order valence-electron chi connectivity index (χ1n) is 9.74. The molecule has 1 atom stereocenters. The van der Waals surface area contributed by atoms with Crippen molar-refractivity contribution >= 4 is 40.6 Å². The third-order valence-corrected chi connectivity index (χ3v) is 6.20. The van der Waals surface area contributed by atoms with Crippen molar-refractivity contribution in [2.24, 2.45) is 0 Å². The highest BCUT2D eigenvalue weighted by Crippen LogP contribution is 2.42. The zero-order chi connectivity index (χ0) is 21.7.